The minimum atomic E-state index is 0.662. The summed E-state index contributed by atoms with van der Waals surface area (Å²) in [6, 6.07) is 14.0. The SMILES string of the molecule is Cc1ccc(Oc2c(Cl)cccc2N2CCCC2)cc1. The van der Waals surface area contributed by atoms with Crippen molar-refractivity contribution < 1.29 is 4.74 Å². The van der Waals surface area contributed by atoms with Crippen molar-refractivity contribution in [3.05, 3.63) is 53.1 Å². The molecule has 0 aromatic heterocycles. The van der Waals surface area contributed by atoms with Gasteiger partial charge in [0.15, 0.2) is 5.75 Å². The summed E-state index contributed by atoms with van der Waals surface area (Å²) in [6.07, 6.45) is 2.47. The molecule has 1 fully saturated rings. The Labute approximate surface area is 124 Å². The van der Waals surface area contributed by atoms with Crippen molar-refractivity contribution in [2.24, 2.45) is 0 Å². The van der Waals surface area contributed by atoms with Crippen molar-refractivity contribution in [2.75, 3.05) is 18.0 Å². The molecule has 3 heteroatoms. The van der Waals surface area contributed by atoms with Gasteiger partial charge in [-0.25, -0.2) is 0 Å². The Morgan fingerprint density at radius 2 is 1.70 bits per heavy atom. The van der Waals surface area contributed by atoms with Crippen LogP contribution in [-0.4, -0.2) is 13.1 Å². The van der Waals surface area contributed by atoms with Crippen LogP contribution in [0.1, 0.15) is 18.4 Å². The van der Waals surface area contributed by atoms with Crippen molar-refractivity contribution in [3.63, 3.8) is 0 Å². The average molecular weight is 288 g/mol. The average Bonchev–Trinajstić information content (AvgIpc) is 2.97. The quantitative estimate of drug-likeness (QED) is 0.784. The summed E-state index contributed by atoms with van der Waals surface area (Å²) in [7, 11) is 0. The van der Waals surface area contributed by atoms with E-state index in [0.29, 0.717) is 5.02 Å². The molecule has 104 valence electrons. The molecule has 1 saturated heterocycles. The predicted molar refractivity (Wildman–Crippen MR) is 84.2 cm³/mol. The van der Waals surface area contributed by atoms with Crippen molar-refractivity contribution in [1.82, 2.24) is 0 Å². The summed E-state index contributed by atoms with van der Waals surface area (Å²) in [5, 5.41) is 0.662. The van der Waals surface area contributed by atoms with Crippen LogP contribution in [0, 0.1) is 6.92 Å². The lowest BCUT2D eigenvalue weighted by atomic mass is 10.2. The maximum Gasteiger partial charge on any atom is 0.169 e. The normalized spacial score (nSPS) is 14.6. The summed E-state index contributed by atoms with van der Waals surface area (Å²) < 4.78 is 6.03. The monoisotopic (exact) mass is 287 g/mol. The van der Waals surface area contributed by atoms with Crippen LogP contribution in [0.2, 0.25) is 5.02 Å². The molecule has 1 heterocycles. The molecule has 2 aromatic carbocycles. The van der Waals surface area contributed by atoms with Gasteiger partial charge >= 0.3 is 0 Å². The molecule has 0 saturated carbocycles. The minimum absolute atomic E-state index is 0.662. The Balaban J connectivity index is 1.93. The van der Waals surface area contributed by atoms with Crippen molar-refractivity contribution in [3.8, 4) is 11.5 Å². The van der Waals surface area contributed by atoms with Gasteiger partial charge in [-0.1, -0.05) is 35.4 Å². The van der Waals surface area contributed by atoms with E-state index in [2.05, 4.69) is 17.9 Å². The number of para-hydroxylation sites is 1. The molecule has 3 rings (SSSR count). The standard InChI is InChI=1S/C17H18ClNO/c1-13-7-9-14(10-8-13)20-17-15(18)5-4-6-16(17)19-11-2-3-12-19/h4-10H,2-3,11-12H2,1H3. The van der Waals surface area contributed by atoms with Crippen LogP contribution in [0.5, 0.6) is 11.5 Å². The summed E-state index contributed by atoms with van der Waals surface area (Å²) >= 11 is 6.34. The Morgan fingerprint density at radius 1 is 1.00 bits per heavy atom. The fourth-order valence-corrected chi connectivity index (χ4v) is 2.74. The van der Waals surface area contributed by atoms with Gasteiger partial charge in [-0.05, 0) is 44.0 Å². The summed E-state index contributed by atoms with van der Waals surface area (Å²) in [5.41, 5.74) is 2.31. The molecule has 0 bridgehead atoms. The molecule has 1 aliphatic rings. The first-order valence-electron chi connectivity index (χ1n) is 7.02. The van der Waals surface area contributed by atoms with Gasteiger partial charge < -0.3 is 9.64 Å². The topological polar surface area (TPSA) is 12.5 Å². The molecule has 0 amide bonds. The van der Waals surface area contributed by atoms with E-state index in [1.807, 2.05) is 36.4 Å². The van der Waals surface area contributed by atoms with E-state index in [9.17, 15) is 0 Å². The third kappa shape index (κ3) is 2.75. The number of hydrogen-bond acceptors (Lipinski definition) is 2. The molecular formula is C17H18ClNO. The second-order valence-corrected chi connectivity index (χ2v) is 5.60. The fourth-order valence-electron chi connectivity index (χ4n) is 2.53. The van der Waals surface area contributed by atoms with Gasteiger partial charge in [0, 0.05) is 13.1 Å². The van der Waals surface area contributed by atoms with E-state index in [4.69, 9.17) is 16.3 Å². The maximum atomic E-state index is 6.34. The lowest BCUT2D eigenvalue weighted by molar-refractivity contribution is 0.482. The number of anilines is 1. The number of nitrogens with zero attached hydrogens (tertiary/aromatic N) is 1. The van der Waals surface area contributed by atoms with E-state index < -0.39 is 0 Å². The number of benzene rings is 2. The Kier molecular flexibility index (Phi) is 3.83. The van der Waals surface area contributed by atoms with Gasteiger partial charge in [0.1, 0.15) is 5.75 Å². The Bertz CT molecular complexity index is 588. The Hall–Kier alpha value is -1.67. The van der Waals surface area contributed by atoms with Crippen molar-refractivity contribution >= 4 is 17.3 Å². The van der Waals surface area contributed by atoms with Crippen LogP contribution in [0.4, 0.5) is 5.69 Å². The van der Waals surface area contributed by atoms with Gasteiger partial charge in [0.05, 0.1) is 10.7 Å². The first-order chi connectivity index (χ1) is 9.74. The highest BCUT2D eigenvalue weighted by Crippen LogP contribution is 2.39. The van der Waals surface area contributed by atoms with Crippen molar-refractivity contribution in [1.29, 1.82) is 0 Å². The molecule has 0 radical (unpaired) electrons. The van der Waals surface area contributed by atoms with Gasteiger partial charge in [-0.15, -0.1) is 0 Å². The van der Waals surface area contributed by atoms with Crippen LogP contribution >= 0.6 is 11.6 Å². The number of rotatable bonds is 3. The van der Waals surface area contributed by atoms with E-state index in [1.165, 1.54) is 18.4 Å². The number of ether oxygens (including phenoxy) is 1. The van der Waals surface area contributed by atoms with Gasteiger partial charge in [0.2, 0.25) is 0 Å². The van der Waals surface area contributed by atoms with E-state index in [0.717, 1.165) is 30.3 Å². The fraction of sp³-hybridized carbons (Fsp3) is 0.294. The zero-order valence-electron chi connectivity index (χ0n) is 11.6. The summed E-state index contributed by atoms with van der Waals surface area (Å²) in [4.78, 5) is 2.34. The smallest absolute Gasteiger partial charge is 0.169 e. The molecule has 0 spiro atoms. The van der Waals surface area contributed by atoms with Gasteiger partial charge in [0.25, 0.3) is 0 Å². The number of hydrogen-bond donors (Lipinski definition) is 0. The highest BCUT2D eigenvalue weighted by atomic mass is 35.5. The molecule has 20 heavy (non-hydrogen) atoms. The highest BCUT2D eigenvalue weighted by Gasteiger charge is 2.18. The second kappa shape index (κ2) is 5.76. The van der Waals surface area contributed by atoms with Crippen molar-refractivity contribution in [2.45, 2.75) is 19.8 Å². The van der Waals surface area contributed by atoms with Gasteiger partial charge in [-0.2, -0.15) is 0 Å². The van der Waals surface area contributed by atoms with E-state index in [1.54, 1.807) is 0 Å². The molecule has 0 aliphatic carbocycles. The second-order valence-electron chi connectivity index (χ2n) is 5.20. The molecule has 2 aromatic rings. The van der Waals surface area contributed by atoms with E-state index >= 15 is 0 Å². The molecular weight excluding hydrogens is 270 g/mol. The maximum absolute atomic E-state index is 6.34. The molecule has 1 aliphatic heterocycles. The summed E-state index contributed by atoms with van der Waals surface area (Å²) in [6.45, 7) is 4.21. The zero-order valence-corrected chi connectivity index (χ0v) is 12.4. The largest absolute Gasteiger partial charge is 0.454 e. The molecule has 0 N–H and O–H groups in total. The van der Waals surface area contributed by atoms with Crippen LogP contribution in [-0.2, 0) is 0 Å². The lowest BCUT2D eigenvalue weighted by Crippen LogP contribution is -2.18. The van der Waals surface area contributed by atoms with Crippen LogP contribution in [0.3, 0.4) is 0 Å². The number of halogens is 1. The molecule has 0 atom stereocenters. The van der Waals surface area contributed by atoms with Gasteiger partial charge in [-0.3, -0.25) is 0 Å². The predicted octanol–water partition coefficient (Wildman–Crippen LogP) is 5.04. The van der Waals surface area contributed by atoms with Crippen LogP contribution in [0.15, 0.2) is 42.5 Å². The lowest BCUT2D eigenvalue weighted by Gasteiger charge is -2.22. The minimum Gasteiger partial charge on any atom is -0.454 e. The zero-order chi connectivity index (χ0) is 13.9. The molecule has 2 nitrogen and oxygen atoms in total. The third-order valence-corrected chi connectivity index (χ3v) is 3.93. The molecule has 0 unspecified atom stereocenters. The van der Waals surface area contributed by atoms with E-state index in [-0.39, 0.29) is 0 Å². The Morgan fingerprint density at radius 3 is 2.40 bits per heavy atom. The number of aryl methyl sites for hydroxylation is 1. The van der Waals surface area contributed by atoms with Crippen LogP contribution in [0.25, 0.3) is 0 Å². The highest BCUT2D eigenvalue weighted by molar-refractivity contribution is 6.32. The third-order valence-electron chi connectivity index (χ3n) is 3.63. The first-order valence-corrected chi connectivity index (χ1v) is 7.40. The first kappa shape index (κ1) is 13.3. The van der Waals surface area contributed by atoms with Crippen LogP contribution < -0.4 is 9.64 Å². The summed E-state index contributed by atoms with van der Waals surface area (Å²) in [5.74, 6) is 1.59.